The minimum Gasteiger partial charge on any atom is -1.00 e. The van der Waals surface area contributed by atoms with Crippen LogP contribution in [0, 0.1) is 0 Å². The molecule has 47 heavy (non-hydrogen) atoms. The number of fused-ring (bicyclic) bond motifs is 1. The molecule has 3 heterocycles. The van der Waals surface area contributed by atoms with Crippen molar-refractivity contribution in [2.24, 2.45) is 14.1 Å². The molecular formula is C36H56FN5O4S. The summed E-state index contributed by atoms with van der Waals surface area (Å²) in [6.07, 6.45) is 12.7. The van der Waals surface area contributed by atoms with Gasteiger partial charge in [-0.15, -0.1) is 11.3 Å². The molecule has 0 unspecified atom stereocenters. The lowest BCUT2D eigenvalue weighted by Gasteiger charge is -2.39. The minimum atomic E-state index is -0.361. The van der Waals surface area contributed by atoms with E-state index in [-0.39, 0.29) is 16.0 Å². The maximum absolute atomic E-state index is 12.6. The smallest absolute Gasteiger partial charge is 0.330 e. The summed E-state index contributed by atoms with van der Waals surface area (Å²) >= 11 is 1.42. The number of hydrogen-bond acceptors (Lipinski definition) is 6. The number of aryl methyl sites for hydroxylation is 1. The Balaban J connectivity index is 0.000000370. The highest BCUT2D eigenvalue weighted by atomic mass is 32.1. The highest BCUT2D eigenvalue weighted by molar-refractivity contribution is 7.13. The lowest BCUT2D eigenvalue weighted by molar-refractivity contribution is -0.929. The first-order valence-electron chi connectivity index (χ1n) is 17.0. The molecule has 1 N–H and O–H groups in total. The third kappa shape index (κ3) is 10.9. The number of nitrogens with one attached hydrogen (secondary N) is 1. The molecule has 0 fully saturated rings. The molecule has 4 aromatic rings. The number of ether oxygens (including phenoxy) is 2. The van der Waals surface area contributed by atoms with Crippen LogP contribution in [0.2, 0.25) is 0 Å². The van der Waals surface area contributed by atoms with Crippen molar-refractivity contribution in [1.82, 2.24) is 19.1 Å². The Kier molecular flexibility index (Phi) is 17.1. The van der Waals surface area contributed by atoms with Gasteiger partial charge in [0.2, 0.25) is 0 Å². The Labute approximate surface area is 283 Å². The first kappa shape index (κ1) is 39.9. The second-order valence-electron chi connectivity index (χ2n) is 12.3. The van der Waals surface area contributed by atoms with Gasteiger partial charge in [-0.05, 0) is 43.4 Å². The number of nitrogens with zero attached hydrogens (tertiary/aromatic N) is 4. The number of benzene rings is 1. The Morgan fingerprint density at radius 1 is 0.830 bits per heavy atom. The van der Waals surface area contributed by atoms with Gasteiger partial charge in [0, 0.05) is 25.7 Å². The van der Waals surface area contributed by atoms with Crippen molar-refractivity contribution in [3.63, 3.8) is 0 Å². The van der Waals surface area contributed by atoms with Crippen LogP contribution in [0.25, 0.3) is 21.6 Å². The zero-order chi connectivity index (χ0) is 33.5. The van der Waals surface area contributed by atoms with Crippen molar-refractivity contribution in [3.05, 3.63) is 67.9 Å². The number of aromatic amines is 1. The molecule has 9 nitrogen and oxygen atoms in total. The second kappa shape index (κ2) is 20.2. The summed E-state index contributed by atoms with van der Waals surface area (Å²) in [6, 6.07) is 7.69. The van der Waals surface area contributed by atoms with Crippen LogP contribution in [0.15, 0.2) is 45.4 Å². The average molecular weight is 674 g/mol. The number of unbranched alkanes of at least 4 members (excludes halogenated alkanes) is 4. The molecule has 0 bridgehead atoms. The molecule has 262 valence electrons. The summed E-state index contributed by atoms with van der Waals surface area (Å²) < 4.78 is 14.9. The number of quaternary nitrogens is 1. The van der Waals surface area contributed by atoms with E-state index in [0.29, 0.717) is 34.8 Å². The summed E-state index contributed by atoms with van der Waals surface area (Å²) in [6.45, 7) is 15.8. The molecule has 0 atom stereocenters. The highest BCUT2D eigenvalue weighted by Gasteiger charge is 2.24. The van der Waals surface area contributed by atoms with Crippen LogP contribution in [0.4, 0.5) is 0 Å². The van der Waals surface area contributed by atoms with Crippen LogP contribution in [-0.2, 0) is 32.0 Å². The van der Waals surface area contributed by atoms with Crippen LogP contribution in [-0.4, -0.2) is 56.9 Å². The molecule has 0 radical (unpaired) electrons. The molecule has 0 spiro atoms. The van der Waals surface area contributed by atoms with Gasteiger partial charge in [0.15, 0.2) is 0 Å². The molecule has 11 heteroatoms. The van der Waals surface area contributed by atoms with E-state index in [9.17, 15) is 9.59 Å². The molecule has 0 aliphatic carbocycles. The van der Waals surface area contributed by atoms with Crippen LogP contribution < -0.4 is 20.7 Å². The van der Waals surface area contributed by atoms with Crippen LogP contribution in [0.5, 0.6) is 5.75 Å². The maximum Gasteiger partial charge on any atom is 0.330 e. The summed E-state index contributed by atoms with van der Waals surface area (Å²) in [5, 5.41) is 3.04. The SMILES string of the molecule is CCCC[N+](CCCC)(CCCC)CCCC.COc1ccc(COCc2csc(-c3[nH]cc4c3c(=O)n(C)c(=O)n4C)n2)cc1.[F-]. The Morgan fingerprint density at radius 3 is 1.89 bits per heavy atom. The fourth-order valence-electron chi connectivity index (χ4n) is 5.77. The van der Waals surface area contributed by atoms with Crippen LogP contribution in [0.1, 0.15) is 90.3 Å². The van der Waals surface area contributed by atoms with Gasteiger partial charge in [-0.3, -0.25) is 13.9 Å². The first-order valence-corrected chi connectivity index (χ1v) is 17.9. The largest absolute Gasteiger partial charge is 1.00 e. The van der Waals surface area contributed by atoms with Gasteiger partial charge in [0.1, 0.15) is 10.8 Å². The van der Waals surface area contributed by atoms with Gasteiger partial charge in [-0.1, -0.05) is 65.5 Å². The average Bonchev–Trinajstić information content (AvgIpc) is 3.74. The summed E-state index contributed by atoms with van der Waals surface area (Å²) in [5.41, 5.74) is 2.29. The molecular weight excluding hydrogens is 617 g/mol. The Hall–Kier alpha value is -3.28. The topological polar surface area (TPSA) is 91.1 Å². The van der Waals surface area contributed by atoms with Crippen molar-refractivity contribution in [2.75, 3.05) is 33.3 Å². The Bertz CT molecular complexity index is 1550. The number of halogens is 1. The molecule has 0 aliphatic rings. The maximum atomic E-state index is 12.6. The molecule has 0 saturated heterocycles. The minimum absolute atomic E-state index is 0. The fraction of sp³-hybridized carbons (Fsp3) is 0.583. The van der Waals surface area contributed by atoms with E-state index in [1.165, 1.54) is 105 Å². The zero-order valence-electron chi connectivity index (χ0n) is 29.6. The number of rotatable bonds is 18. The van der Waals surface area contributed by atoms with Gasteiger partial charge < -0.3 is 23.6 Å². The van der Waals surface area contributed by atoms with Crippen molar-refractivity contribution in [3.8, 4) is 16.5 Å². The van der Waals surface area contributed by atoms with Crippen LogP contribution in [0.3, 0.4) is 0 Å². The summed E-state index contributed by atoms with van der Waals surface area (Å²) in [4.78, 5) is 32.4. The van der Waals surface area contributed by atoms with E-state index in [2.05, 4.69) is 37.7 Å². The van der Waals surface area contributed by atoms with Crippen molar-refractivity contribution >= 4 is 22.2 Å². The number of methoxy groups -OCH3 is 1. The molecule has 3 aromatic heterocycles. The monoisotopic (exact) mass is 673 g/mol. The van der Waals surface area contributed by atoms with Crippen LogP contribution >= 0.6 is 11.3 Å². The van der Waals surface area contributed by atoms with Gasteiger partial charge in [0.25, 0.3) is 5.56 Å². The standard InChI is InChI=1S/C20H20N4O4S.C16H36N.FH/c1-23-15-8-21-17(16(15)19(25)24(2)20(23)26)18-22-13(11-29-18)10-28-9-12-4-6-14(27-3)7-5-12;1-5-9-13-17(14-10-6-2,15-11-7-3)16-12-8-4;/h4-8,11,21H,9-10H2,1-3H3;5-16H2,1-4H3;1H/q;+1;/p-1. The van der Waals surface area contributed by atoms with E-state index in [0.717, 1.165) is 21.6 Å². The van der Waals surface area contributed by atoms with Crippen molar-refractivity contribution in [2.45, 2.75) is 92.3 Å². The third-order valence-electron chi connectivity index (χ3n) is 8.70. The van der Waals surface area contributed by atoms with E-state index >= 15 is 0 Å². The van der Waals surface area contributed by atoms with Gasteiger partial charge in [0.05, 0.1) is 68.8 Å². The number of aromatic nitrogens is 4. The number of hydrogen-bond donors (Lipinski definition) is 1. The van der Waals surface area contributed by atoms with E-state index in [4.69, 9.17) is 9.47 Å². The molecule has 0 aliphatic heterocycles. The van der Waals surface area contributed by atoms with E-state index in [1.54, 1.807) is 20.4 Å². The second-order valence-corrected chi connectivity index (χ2v) is 13.1. The van der Waals surface area contributed by atoms with E-state index in [1.807, 2.05) is 29.6 Å². The molecule has 0 saturated carbocycles. The van der Waals surface area contributed by atoms with Crippen molar-refractivity contribution in [1.29, 1.82) is 0 Å². The third-order valence-corrected chi connectivity index (χ3v) is 9.61. The Morgan fingerprint density at radius 2 is 1.38 bits per heavy atom. The first-order chi connectivity index (χ1) is 22.2. The normalized spacial score (nSPS) is 11.3. The molecule has 1 aromatic carbocycles. The number of H-pyrrole nitrogens is 1. The van der Waals surface area contributed by atoms with Gasteiger partial charge in [-0.25, -0.2) is 9.78 Å². The summed E-state index contributed by atoms with van der Waals surface area (Å²) in [7, 11) is 4.75. The van der Waals surface area contributed by atoms with E-state index < -0.39 is 0 Å². The lowest BCUT2D eigenvalue weighted by Crippen LogP contribution is -3.00. The molecule has 0 amide bonds. The predicted molar refractivity (Wildman–Crippen MR) is 191 cm³/mol. The molecule has 4 rings (SSSR count). The zero-order valence-corrected chi connectivity index (χ0v) is 30.4. The van der Waals surface area contributed by atoms with Crippen molar-refractivity contribution < 1.29 is 18.7 Å². The predicted octanol–water partition coefficient (Wildman–Crippen LogP) is 4.42. The highest BCUT2D eigenvalue weighted by Crippen LogP contribution is 2.28. The van der Waals surface area contributed by atoms with Gasteiger partial charge >= 0.3 is 5.69 Å². The fourth-order valence-corrected chi connectivity index (χ4v) is 6.59. The quantitative estimate of drug-likeness (QED) is 0.158. The summed E-state index contributed by atoms with van der Waals surface area (Å²) in [5.74, 6) is 0.805. The van der Waals surface area contributed by atoms with Gasteiger partial charge in [-0.2, -0.15) is 0 Å². The number of thiazole rings is 1. The lowest BCUT2D eigenvalue weighted by atomic mass is 10.1.